The van der Waals surface area contributed by atoms with Gasteiger partial charge in [-0.05, 0) is 40.8 Å². The Kier molecular flexibility index (Phi) is 9.51. The fourth-order valence-corrected chi connectivity index (χ4v) is 4.83. The van der Waals surface area contributed by atoms with Gasteiger partial charge in [0.25, 0.3) is 11.8 Å². The number of hydrogen-bond acceptors (Lipinski definition) is 5. The fraction of sp³-hybridized carbons (Fsp3) is 0.257. The van der Waals surface area contributed by atoms with Crippen molar-refractivity contribution < 1.29 is 23.8 Å². The number of anilines is 1. The SMILES string of the molecule is CC(C)c1cc(C(=O)Nc2ccccc2C(=O)N2CCOCC2)c(OCc2ccccc2)cc1OCc1ccccc1. The molecular formula is C35H36N2O5. The quantitative estimate of drug-likeness (QED) is 0.232. The fourth-order valence-electron chi connectivity index (χ4n) is 4.83. The third kappa shape index (κ3) is 7.17. The predicted molar refractivity (Wildman–Crippen MR) is 163 cm³/mol. The van der Waals surface area contributed by atoms with Crippen molar-refractivity contribution in [1.29, 1.82) is 0 Å². The zero-order chi connectivity index (χ0) is 29.3. The van der Waals surface area contributed by atoms with E-state index in [4.69, 9.17) is 14.2 Å². The van der Waals surface area contributed by atoms with Gasteiger partial charge >= 0.3 is 0 Å². The molecular weight excluding hydrogens is 528 g/mol. The number of benzene rings is 4. The Morgan fingerprint density at radius 2 is 1.33 bits per heavy atom. The van der Waals surface area contributed by atoms with Gasteiger partial charge in [-0.2, -0.15) is 0 Å². The number of carbonyl (C=O) groups excluding carboxylic acids is 2. The van der Waals surface area contributed by atoms with E-state index in [-0.39, 0.29) is 24.3 Å². The van der Waals surface area contributed by atoms with Gasteiger partial charge in [-0.3, -0.25) is 9.59 Å². The van der Waals surface area contributed by atoms with E-state index >= 15 is 0 Å². The van der Waals surface area contributed by atoms with Crippen LogP contribution in [0.25, 0.3) is 0 Å². The van der Waals surface area contributed by atoms with E-state index in [1.165, 1.54) is 0 Å². The molecule has 7 nitrogen and oxygen atoms in total. The minimum atomic E-state index is -0.364. The van der Waals surface area contributed by atoms with E-state index in [1.54, 1.807) is 35.2 Å². The molecule has 2 amide bonds. The Morgan fingerprint density at radius 1 is 0.762 bits per heavy atom. The molecule has 1 aliphatic rings. The van der Waals surface area contributed by atoms with Crippen LogP contribution in [-0.2, 0) is 18.0 Å². The summed E-state index contributed by atoms with van der Waals surface area (Å²) in [5, 5.41) is 2.99. The molecule has 1 aliphatic heterocycles. The van der Waals surface area contributed by atoms with Gasteiger partial charge in [0.15, 0.2) is 0 Å². The number of hydrogen-bond donors (Lipinski definition) is 1. The molecule has 7 heteroatoms. The largest absolute Gasteiger partial charge is 0.488 e. The highest BCUT2D eigenvalue weighted by atomic mass is 16.5. The normalized spacial score (nSPS) is 13.1. The van der Waals surface area contributed by atoms with E-state index in [9.17, 15) is 9.59 Å². The molecule has 1 N–H and O–H groups in total. The Hall–Kier alpha value is -4.62. The lowest BCUT2D eigenvalue weighted by atomic mass is 9.98. The van der Waals surface area contributed by atoms with Gasteiger partial charge in [0.2, 0.25) is 0 Å². The average Bonchev–Trinajstić information content (AvgIpc) is 3.03. The first-order valence-corrected chi connectivity index (χ1v) is 14.3. The van der Waals surface area contributed by atoms with E-state index in [0.717, 1.165) is 16.7 Å². The minimum Gasteiger partial charge on any atom is -0.488 e. The lowest BCUT2D eigenvalue weighted by molar-refractivity contribution is 0.0303. The molecule has 0 saturated carbocycles. The van der Waals surface area contributed by atoms with Gasteiger partial charge in [-0.15, -0.1) is 0 Å². The molecule has 216 valence electrons. The summed E-state index contributed by atoms with van der Waals surface area (Å²) in [4.78, 5) is 29.0. The molecule has 4 aromatic carbocycles. The lowest BCUT2D eigenvalue weighted by Gasteiger charge is -2.27. The first-order valence-electron chi connectivity index (χ1n) is 14.3. The van der Waals surface area contributed by atoms with Crippen LogP contribution in [0.3, 0.4) is 0 Å². The monoisotopic (exact) mass is 564 g/mol. The van der Waals surface area contributed by atoms with Gasteiger partial charge in [0.05, 0.1) is 30.0 Å². The first-order chi connectivity index (χ1) is 20.5. The Labute approximate surface area is 247 Å². The standard InChI is InChI=1S/C35H36N2O5/c1-25(2)29-21-30(34(38)36-31-16-10-9-15-28(31)35(39)37-17-19-40-20-18-37)33(42-24-27-13-7-4-8-14-27)22-32(29)41-23-26-11-5-3-6-12-26/h3-16,21-22,25H,17-20,23-24H2,1-2H3,(H,36,38). The average molecular weight is 565 g/mol. The zero-order valence-corrected chi connectivity index (χ0v) is 24.0. The molecule has 1 fully saturated rings. The first kappa shape index (κ1) is 28.9. The van der Waals surface area contributed by atoms with E-state index in [1.807, 2.05) is 66.7 Å². The summed E-state index contributed by atoms with van der Waals surface area (Å²) in [7, 11) is 0. The van der Waals surface area contributed by atoms with Crippen molar-refractivity contribution in [1.82, 2.24) is 4.90 Å². The number of rotatable bonds is 10. The number of para-hydroxylation sites is 1. The number of nitrogens with one attached hydrogen (secondary N) is 1. The van der Waals surface area contributed by atoms with Crippen LogP contribution in [-0.4, -0.2) is 43.0 Å². The van der Waals surface area contributed by atoms with Crippen LogP contribution < -0.4 is 14.8 Å². The number of carbonyl (C=O) groups is 2. The summed E-state index contributed by atoms with van der Waals surface area (Å²) in [6.07, 6.45) is 0. The Morgan fingerprint density at radius 3 is 1.95 bits per heavy atom. The summed E-state index contributed by atoms with van der Waals surface area (Å²) in [5.74, 6) is 0.650. The van der Waals surface area contributed by atoms with Crippen LogP contribution in [0.5, 0.6) is 11.5 Å². The molecule has 0 bridgehead atoms. The van der Waals surface area contributed by atoms with Gasteiger partial charge in [-0.1, -0.05) is 86.6 Å². The smallest absolute Gasteiger partial charge is 0.259 e. The van der Waals surface area contributed by atoms with Crippen molar-refractivity contribution in [2.75, 3.05) is 31.6 Å². The highest BCUT2D eigenvalue weighted by molar-refractivity contribution is 6.10. The van der Waals surface area contributed by atoms with Crippen molar-refractivity contribution in [3.05, 3.63) is 125 Å². The highest BCUT2D eigenvalue weighted by Gasteiger charge is 2.24. The van der Waals surface area contributed by atoms with Crippen LogP contribution in [0.2, 0.25) is 0 Å². The molecule has 0 radical (unpaired) electrons. The lowest BCUT2D eigenvalue weighted by Crippen LogP contribution is -2.41. The van der Waals surface area contributed by atoms with E-state index < -0.39 is 0 Å². The van der Waals surface area contributed by atoms with Gasteiger partial charge < -0.3 is 24.4 Å². The van der Waals surface area contributed by atoms with E-state index in [0.29, 0.717) is 61.2 Å². The summed E-state index contributed by atoms with van der Waals surface area (Å²) in [6.45, 7) is 6.83. The second kappa shape index (κ2) is 13.8. The molecule has 1 saturated heterocycles. The Bertz CT molecular complexity index is 1500. The summed E-state index contributed by atoms with van der Waals surface area (Å²) < 4.78 is 17.9. The third-order valence-electron chi connectivity index (χ3n) is 7.16. The minimum absolute atomic E-state index is 0.0840. The van der Waals surface area contributed by atoms with Crippen molar-refractivity contribution in [2.24, 2.45) is 0 Å². The maximum absolute atomic E-state index is 13.9. The molecule has 5 rings (SSSR count). The third-order valence-corrected chi connectivity index (χ3v) is 7.16. The van der Waals surface area contributed by atoms with Crippen LogP contribution in [0.1, 0.15) is 57.2 Å². The molecule has 0 aliphatic carbocycles. The second-order valence-electron chi connectivity index (χ2n) is 10.5. The van der Waals surface area contributed by atoms with Crippen LogP contribution in [0.15, 0.2) is 97.1 Å². The summed E-state index contributed by atoms with van der Waals surface area (Å²) in [5.41, 5.74) is 4.17. The number of morpholine rings is 1. The van der Waals surface area contributed by atoms with Crippen LogP contribution in [0.4, 0.5) is 5.69 Å². The molecule has 1 heterocycles. The zero-order valence-electron chi connectivity index (χ0n) is 24.0. The second-order valence-corrected chi connectivity index (χ2v) is 10.5. The molecule has 4 aromatic rings. The van der Waals surface area contributed by atoms with Crippen molar-refractivity contribution in [2.45, 2.75) is 33.0 Å². The van der Waals surface area contributed by atoms with Crippen LogP contribution in [0, 0.1) is 0 Å². The van der Waals surface area contributed by atoms with Crippen molar-refractivity contribution in [3.8, 4) is 11.5 Å². The predicted octanol–water partition coefficient (Wildman–Crippen LogP) is 6.69. The maximum Gasteiger partial charge on any atom is 0.259 e. The van der Waals surface area contributed by atoms with Crippen molar-refractivity contribution >= 4 is 17.5 Å². The highest BCUT2D eigenvalue weighted by Crippen LogP contribution is 2.35. The molecule has 0 aromatic heterocycles. The number of nitrogens with zero attached hydrogens (tertiary/aromatic N) is 1. The Balaban J connectivity index is 1.46. The van der Waals surface area contributed by atoms with Crippen molar-refractivity contribution in [3.63, 3.8) is 0 Å². The number of amides is 2. The molecule has 0 spiro atoms. The van der Waals surface area contributed by atoms with Gasteiger partial charge in [0, 0.05) is 19.2 Å². The molecule has 42 heavy (non-hydrogen) atoms. The van der Waals surface area contributed by atoms with Gasteiger partial charge in [0.1, 0.15) is 24.7 Å². The maximum atomic E-state index is 13.9. The summed E-state index contributed by atoms with van der Waals surface area (Å²) in [6, 6.07) is 30.5. The molecule has 0 atom stereocenters. The van der Waals surface area contributed by atoms with Crippen LogP contribution >= 0.6 is 0 Å². The number of ether oxygens (including phenoxy) is 3. The summed E-state index contributed by atoms with van der Waals surface area (Å²) >= 11 is 0. The van der Waals surface area contributed by atoms with E-state index in [2.05, 4.69) is 19.2 Å². The topological polar surface area (TPSA) is 77.1 Å². The van der Waals surface area contributed by atoms with Gasteiger partial charge in [-0.25, -0.2) is 0 Å². The molecule has 0 unspecified atom stereocenters.